The highest BCUT2D eigenvalue weighted by atomic mass is 19.1. The van der Waals surface area contributed by atoms with E-state index in [1.165, 1.54) is 12.1 Å². The number of esters is 1. The lowest BCUT2D eigenvalue weighted by Crippen LogP contribution is -2.44. The van der Waals surface area contributed by atoms with Crippen molar-refractivity contribution in [2.45, 2.75) is 31.7 Å². The monoisotopic (exact) mass is 308 g/mol. The van der Waals surface area contributed by atoms with Gasteiger partial charge in [-0.25, -0.2) is 14.0 Å². The highest BCUT2D eigenvalue weighted by Gasteiger charge is 2.18. The first-order valence-electron chi connectivity index (χ1n) is 7.07. The molecule has 1 aliphatic carbocycles. The van der Waals surface area contributed by atoms with Crippen LogP contribution in [0.4, 0.5) is 9.18 Å². The number of urea groups is 1. The molecule has 1 aliphatic rings. The Morgan fingerprint density at radius 2 is 1.77 bits per heavy atom. The molecule has 1 saturated carbocycles. The molecule has 0 radical (unpaired) electrons. The van der Waals surface area contributed by atoms with Gasteiger partial charge in [0.05, 0.1) is 5.56 Å². The van der Waals surface area contributed by atoms with Crippen molar-refractivity contribution >= 4 is 17.9 Å². The smallest absolute Gasteiger partial charge is 0.338 e. The summed E-state index contributed by atoms with van der Waals surface area (Å²) in [7, 11) is 0. The summed E-state index contributed by atoms with van der Waals surface area (Å²) in [5.74, 6) is -1.95. The second-order valence-corrected chi connectivity index (χ2v) is 5.09. The molecule has 0 atom stereocenters. The van der Waals surface area contributed by atoms with Gasteiger partial charge in [0.2, 0.25) is 0 Å². The maximum atomic E-state index is 12.7. The summed E-state index contributed by atoms with van der Waals surface area (Å²) in [5.41, 5.74) is 0.129. The van der Waals surface area contributed by atoms with Crippen LogP contribution in [0, 0.1) is 5.82 Å². The van der Waals surface area contributed by atoms with Crippen molar-refractivity contribution < 1.29 is 23.5 Å². The molecule has 0 spiro atoms. The maximum Gasteiger partial charge on any atom is 0.338 e. The van der Waals surface area contributed by atoms with Crippen molar-refractivity contribution in [2.75, 3.05) is 6.61 Å². The van der Waals surface area contributed by atoms with E-state index in [0.717, 1.165) is 37.8 Å². The Hall–Kier alpha value is -2.44. The number of benzene rings is 1. The van der Waals surface area contributed by atoms with Gasteiger partial charge in [0.1, 0.15) is 5.82 Å². The first kappa shape index (κ1) is 15.9. The molecular weight excluding hydrogens is 291 g/mol. The number of rotatable bonds is 4. The van der Waals surface area contributed by atoms with Crippen LogP contribution in [-0.4, -0.2) is 30.6 Å². The Bertz CT molecular complexity index is 553. The summed E-state index contributed by atoms with van der Waals surface area (Å²) in [6.45, 7) is -0.575. The molecule has 1 aromatic carbocycles. The largest absolute Gasteiger partial charge is 0.452 e. The minimum Gasteiger partial charge on any atom is -0.452 e. The Balaban J connectivity index is 1.71. The van der Waals surface area contributed by atoms with E-state index in [9.17, 15) is 18.8 Å². The average molecular weight is 308 g/mol. The second kappa shape index (κ2) is 7.53. The Morgan fingerprint density at radius 1 is 1.14 bits per heavy atom. The maximum absolute atomic E-state index is 12.7. The summed E-state index contributed by atoms with van der Waals surface area (Å²) in [5, 5.41) is 4.78. The van der Waals surface area contributed by atoms with Gasteiger partial charge in [-0.1, -0.05) is 12.8 Å². The van der Waals surface area contributed by atoms with E-state index >= 15 is 0 Å². The molecular formula is C15H17FN2O4. The van der Waals surface area contributed by atoms with E-state index in [2.05, 4.69) is 10.6 Å². The third-order valence-electron chi connectivity index (χ3n) is 3.36. The van der Waals surface area contributed by atoms with E-state index < -0.39 is 30.3 Å². The van der Waals surface area contributed by atoms with Gasteiger partial charge >= 0.3 is 12.0 Å². The highest BCUT2D eigenvalue weighted by molar-refractivity contribution is 5.97. The number of carbonyl (C=O) groups excluding carboxylic acids is 3. The molecule has 118 valence electrons. The van der Waals surface area contributed by atoms with Gasteiger partial charge in [-0.15, -0.1) is 0 Å². The van der Waals surface area contributed by atoms with Gasteiger partial charge in [0.25, 0.3) is 5.91 Å². The number of nitrogens with one attached hydrogen (secondary N) is 2. The lowest BCUT2D eigenvalue weighted by Gasteiger charge is -2.12. The molecule has 0 bridgehead atoms. The van der Waals surface area contributed by atoms with Crippen LogP contribution in [0.1, 0.15) is 36.0 Å². The van der Waals surface area contributed by atoms with Gasteiger partial charge in [-0.05, 0) is 37.1 Å². The van der Waals surface area contributed by atoms with Crippen LogP contribution in [0.3, 0.4) is 0 Å². The number of hydrogen-bond donors (Lipinski definition) is 2. The minimum atomic E-state index is -0.758. The van der Waals surface area contributed by atoms with E-state index in [-0.39, 0.29) is 11.6 Å². The minimum absolute atomic E-state index is 0.0922. The van der Waals surface area contributed by atoms with Crippen molar-refractivity contribution in [1.82, 2.24) is 10.6 Å². The van der Waals surface area contributed by atoms with Gasteiger partial charge in [0.15, 0.2) is 6.61 Å². The first-order valence-corrected chi connectivity index (χ1v) is 7.07. The molecule has 2 rings (SSSR count). The molecule has 1 aromatic rings. The zero-order chi connectivity index (χ0) is 15.9. The number of hydrogen-bond acceptors (Lipinski definition) is 4. The lowest BCUT2D eigenvalue weighted by molar-refractivity contribution is -0.123. The summed E-state index contributed by atoms with van der Waals surface area (Å²) < 4.78 is 17.5. The summed E-state index contributed by atoms with van der Waals surface area (Å²) in [4.78, 5) is 34.6. The third-order valence-corrected chi connectivity index (χ3v) is 3.36. The fourth-order valence-corrected chi connectivity index (χ4v) is 2.25. The molecule has 6 nitrogen and oxygen atoms in total. The van der Waals surface area contributed by atoms with Gasteiger partial charge in [0, 0.05) is 6.04 Å². The van der Waals surface area contributed by atoms with Crippen LogP contribution in [-0.2, 0) is 9.53 Å². The molecule has 22 heavy (non-hydrogen) atoms. The van der Waals surface area contributed by atoms with Crippen LogP contribution in [0.25, 0.3) is 0 Å². The second-order valence-electron chi connectivity index (χ2n) is 5.09. The van der Waals surface area contributed by atoms with Gasteiger partial charge in [-0.2, -0.15) is 0 Å². The normalized spacial score (nSPS) is 14.4. The molecule has 7 heteroatoms. The number of halogens is 1. The lowest BCUT2D eigenvalue weighted by atomic mass is 10.2. The third kappa shape index (κ3) is 4.83. The van der Waals surface area contributed by atoms with Crippen molar-refractivity contribution in [3.8, 4) is 0 Å². The molecule has 0 unspecified atom stereocenters. The van der Waals surface area contributed by atoms with Crippen molar-refractivity contribution in [3.05, 3.63) is 35.6 Å². The van der Waals surface area contributed by atoms with Crippen molar-refractivity contribution in [1.29, 1.82) is 0 Å². The number of amides is 3. The van der Waals surface area contributed by atoms with Crippen LogP contribution in [0.2, 0.25) is 0 Å². The number of carbonyl (C=O) groups is 3. The Morgan fingerprint density at radius 3 is 2.41 bits per heavy atom. The molecule has 0 aromatic heterocycles. The number of imide groups is 1. The molecule has 2 N–H and O–H groups in total. The van der Waals surface area contributed by atoms with E-state index in [4.69, 9.17) is 4.74 Å². The molecule has 0 saturated heterocycles. The van der Waals surface area contributed by atoms with Crippen LogP contribution < -0.4 is 10.6 Å². The van der Waals surface area contributed by atoms with Gasteiger partial charge < -0.3 is 10.1 Å². The zero-order valence-corrected chi connectivity index (χ0v) is 11.9. The predicted octanol–water partition coefficient (Wildman–Crippen LogP) is 1.75. The summed E-state index contributed by atoms with van der Waals surface area (Å²) in [6.07, 6.45) is 3.94. The van der Waals surface area contributed by atoms with Crippen LogP contribution in [0.5, 0.6) is 0 Å². The molecule has 3 amide bonds. The summed E-state index contributed by atoms with van der Waals surface area (Å²) >= 11 is 0. The van der Waals surface area contributed by atoms with Crippen molar-refractivity contribution in [2.24, 2.45) is 0 Å². The summed E-state index contributed by atoms with van der Waals surface area (Å²) in [6, 6.07) is 4.24. The fourth-order valence-electron chi connectivity index (χ4n) is 2.25. The predicted molar refractivity (Wildman–Crippen MR) is 75.6 cm³/mol. The van der Waals surface area contributed by atoms with Gasteiger partial charge in [-0.3, -0.25) is 10.1 Å². The van der Waals surface area contributed by atoms with E-state index in [1.54, 1.807) is 0 Å². The molecule has 1 fully saturated rings. The zero-order valence-electron chi connectivity index (χ0n) is 11.9. The Labute approximate surface area is 127 Å². The quantitative estimate of drug-likeness (QED) is 0.830. The van der Waals surface area contributed by atoms with Crippen LogP contribution in [0.15, 0.2) is 24.3 Å². The Kier molecular flexibility index (Phi) is 5.46. The highest BCUT2D eigenvalue weighted by Crippen LogP contribution is 2.17. The molecule has 0 aliphatic heterocycles. The standard InChI is InChI=1S/C15H17FN2O4/c16-11-7-5-10(6-8-11)14(20)22-9-13(19)18-15(21)17-12-3-1-2-4-12/h5-8,12H,1-4,9H2,(H2,17,18,19,21). The number of ether oxygens (including phenoxy) is 1. The van der Waals surface area contributed by atoms with Crippen molar-refractivity contribution in [3.63, 3.8) is 0 Å². The fraction of sp³-hybridized carbons (Fsp3) is 0.400. The van der Waals surface area contributed by atoms with E-state index in [0.29, 0.717) is 0 Å². The molecule has 0 heterocycles. The first-order chi connectivity index (χ1) is 10.5. The topological polar surface area (TPSA) is 84.5 Å². The average Bonchev–Trinajstić information content (AvgIpc) is 2.98. The van der Waals surface area contributed by atoms with Crippen LogP contribution >= 0.6 is 0 Å². The SMILES string of the molecule is O=C(COC(=O)c1ccc(F)cc1)NC(=O)NC1CCCC1. The van der Waals surface area contributed by atoms with E-state index in [1.807, 2.05) is 0 Å².